The second kappa shape index (κ2) is 7.46. The summed E-state index contributed by atoms with van der Waals surface area (Å²) in [6, 6.07) is 19.1. The molecule has 3 nitrogen and oxygen atoms in total. The van der Waals surface area contributed by atoms with E-state index in [1.807, 2.05) is 60.7 Å². The Morgan fingerprint density at radius 2 is 1.50 bits per heavy atom. The molecule has 0 bridgehead atoms. The van der Waals surface area contributed by atoms with Crippen molar-refractivity contribution in [3.05, 3.63) is 71.8 Å². The minimum Gasteiger partial charge on any atom is -0.461 e. The maximum Gasteiger partial charge on any atom is 0.308 e. The summed E-state index contributed by atoms with van der Waals surface area (Å²) in [7, 11) is 0. The van der Waals surface area contributed by atoms with Crippen LogP contribution in [0, 0.1) is 0 Å². The van der Waals surface area contributed by atoms with E-state index in [0.717, 1.165) is 11.1 Å². The minimum absolute atomic E-state index is 0.0156. The fraction of sp³-hybridized carbons (Fsp3) is 0.235. The van der Waals surface area contributed by atoms with Gasteiger partial charge >= 0.3 is 5.97 Å². The lowest BCUT2D eigenvalue weighted by Crippen LogP contribution is -2.18. The molecule has 0 spiro atoms. The van der Waals surface area contributed by atoms with Crippen molar-refractivity contribution in [3.63, 3.8) is 0 Å². The third kappa shape index (κ3) is 4.86. The maximum absolute atomic E-state index is 11.6. The van der Waals surface area contributed by atoms with Crippen molar-refractivity contribution >= 4 is 5.97 Å². The average Bonchev–Trinajstić information content (AvgIpc) is 2.47. The molecule has 0 amide bonds. The quantitative estimate of drug-likeness (QED) is 0.821. The first-order valence-electron chi connectivity index (χ1n) is 6.65. The second-order valence-corrected chi connectivity index (χ2v) is 4.69. The van der Waals surface area contributed by atoms with Crippen molar-refractivity contribution in [3.8, 4) is 0 Å². The van der Waals surface area contributed by atoms with E-state index in [-0.39, 0.29) is 19.0 Å². The van der Waals surface area contributed by atoms with Gasteiger partial charge < -0.3 is 9.84 Å². The Bertz CT molecular complexity index is 522. The number of hydrogen-bond donors (Lipinski definition) is 1. The predicted octanol–water partition coefficient (Wildman–Crippen LogP) is 2.72. The first-order valence-corrected chi connectivity index (χ1v) is 6.65. The largest absolute Gasteiger partial charge is 0.461 e. The Hall–Kier alpha value is -2.13. The topological polar surface area (TPSA) is 46.5 Å². The van der Waals surface area contributed by atoms with Gasteiger partial charge in [-0.2, -0.15) is 0 Å². The number of carbonyl (C=O) groups is 1. The highest BCUT2D eigenvalue weighted by Gasteiger charge is 2.12. The van der Waals surface area contributed by atoms with Crippen LogP contribution in [-0.4, -0.2) is 17.2 Å². The summed E-state index contributed by atoms with van der Waals surface area (Å²) in [5.74, 6) is -0.378. The molecule has 1 unspecified atom stereocenters. The number of ether oxygens (including phenoxy) is 1. The molecule has 2 aromatic rings. The Morgan fingerprint density at radius 1 is 0.950 bits per heavy atom. The van der Waals surface area contributed by atoms with Crippen LogP contribution in [0.15, 0.2) is 60.7 Å². The number of benzene rings is 2. The summed E-state index contributed by atoms with van der Waals surface area (Å²) in [5.41, 5.74) is 1.95. The summed E-state index contributed by atoms with van der Waals surface area (Å²) in [6.45, 7) is 0.248. The van der Waals surface area contributed by atoms with Gasteiger partial charge in [-0.25, -0.2) is 0 Å². The number of aliphatic hydroxyl groups is 1. The molecule has 0 radical (unpaired) electrons. The highest BCUT2D eigenvalue weighted by Crippen LogP contribution is 2.08. The Morgan fingerprint density at radius 3 is 2.10 bits per heavy atom. The highest BCUT2D eigenvalue weighted by atomic mass is 16.5. The Kier molecular flexibility index (Phi) is 5.33. The fourth-order valence-corrected chi connectivity index (χ4v) is 1.95. The predicted molar refractivity (Wildman–Crippen MR) is 77.0 cm³/mol. The Balaban J connectivity index is 1.74. The normalized spacial score (nSPS) is 11.8. The van der Waals surface area contributed by atoms with E-state index < -0.39 is 6.10 Å². The lowest BCUT2D eigenvalue weighted by atomic mass is 10.1. The van der Waals surface area contributed by atoms with Crippen LogP contribution in [0.25, 0.3) is 0 Å². The molecule has 20 heavy (non-hydrogen) atoms. The standard InChI is InChI=1S/C17H18O3/c18-16(11-14-7-3-1-4-8-14)12-17(19)20-13-15-9-5-2-6-10-15/h1-10,16,18H,11-13H2. The van der Waals surface area contributed by atoms with Gasteiger partial charge in [-0.1, -0.05) is 60.7 Å². The van der Waals surface area contributed by atoms with E-state index in [4.69, 9.17) is 4.74 Å². The van der Waals surface area contributed by atoms with Gasteiger partial charge in [0.25, 0.3) is 0 Å². The SMILES string of the molecule is O=C(CC(O)Cc1ccccc1)OCc1ccccc1. The fourth-order valence-electron chi connectivity index (χ4n) is 1.95. The van der Waals surface area contributed by atoms with E-state index in [1.165, 1.54) is 0 Å². The summed E-state index contributed by atoms with van der Waals surface area (Å²) in [4.78, 5) is 11.6. The van der Waals surface area contributed by atoms with Crippen LogP contribution < -0.4 is 0 Å². The number of esters is 1. The molecule has 0 fully saturated rings. The molecule has 3 heteroatoms. The van der Waals surface area contributed by atoms with Crippen LogP contribution in [0.3, 0.4) is 0 Å². The summed E-state index contributed by atoms with van der Waals surface area (Å²) in [6.07, 6.45) is -0.233. The number of rotatable bonds is 6. The van der Waals surface area contributed by atoms with Gasteiger partial charge in [0.05, 0.1) is 12.5 Å². The van der Waals surface area contributed by atoms with Crippen LogP contribution in [0.2, 0.25) is 0 Å². The summed E-state index contributed by atoms with van der Waals surface area (Å²) >= 11 is 0. The number of hydrogen-bond acceptors (Lipinski definition) is 3. The van der Waals surface area contributed by atoms with E-state index >= 15 is 0 Å². The second-order valence-electron chi connectivity index (χ2n) is 4.69. The van der Waals surface area contributed by atoms with Crippen LogP contribution in [-0.2, 0) is 22.6 Å². The molecule has 0 aromatic heterocycles. The van der Waals surface area contributed by atoms with Crippen molar-refractivity contribution in [1.82, 2.24) is 0 Å². The third-order valence-electron chi connectivity index (χ3n) is 2.96. The van der Waals surface area contributed by atoms with Gasteiger partial charge in [0.2, 0.25) is 0 Å². The van der Waals surface area contributed by atoms with Crippen molar-refractivity contribution < 1.29 is 14.6 Å². The van der Waals surface area contributed by atoms with E-state index in [2.05, 4.69) is 0 Å². The molecular weight excluding hydrogens is 252 g/mol. The average molecular weight is 270 g/mol. The van der Waals surface area contributed by atoms with Crippen molar-refractivity contribution in [2.45, 2.75) is 25.6 Å². The molecule has 104 valence electrons. The van der Waals surface area contributed by atoms with Gasteiger partial charge in [0, 0.05) is 0 Å². The van der Waals surface area contributed by atoms with Gasteiger partial charge in [-0.15, -0.1) is 0 Å². The van der Waals surface area contributed by atoms with Crippen LogP contribution in [0.4, 0.5) is 0 Å². The zero-order valence-corrected chi connectivity index (χ0v) is 11.2. The Labute approximate surface area is 118 Å². The first kappa shape index (κ1) is 14.3. The number of carbonyl (C=O) groups excluding carboxylic acids is 1. The molecular formula is C17H18O3. The lowest BCUT2D eigenvalue weighted by Gasteiger charge is -2.10. The lowest BCUT2D eigenvalue weighted by molar-refractivity contribution is -0.147. The van der Waals surface area contributed by atoms with Crippen molar-refractivity contribution in [2.24, 2.45) is 0 Å². The van der Waals surface area contributed by atoms with Crippen LogP contribution in [0.1, 0.15) is 17.5 Å². The van der Waals surface area contributed by atoms with Crippen LogP contribution >= 0.6 is 0 Å². The first-order chi connectivity index (χ1) is 9.74. The highest BCUT2D eigenvalue weighted by molar-refractivity contribution is 5.70. The van der Waals surface area contributed by atoms with Gasteiger partial charge in [0.15, 0.2) is 0 Å². The number of aliphatic hydroxyl groups excluding tert-OH is 1. The van der Waals surface area contributed by atoms with Gasteiger partial charge in [0.1, 0.15) is 6.61 Å². The van der Waals surface area contributed by atoms with Gasteiger partial charge in [-0.3, -0.25) is 4.79 Å². The molecule has 0 heterocycles. The minimum atomic E-state index is -0.708. The van der Waals surface area contributed by atoms with E-state index in [9.17, 15) is 9.90 Å². The van der Waals surface area contributed by atoms with Gasteiger partial charge in [-0.05, 0) is 17.5 Å². The van der Waals surface area contributed by atoms with E-state index in [0.29, 0.717) is 6.42 Å². The zero-order valence-electron chi connectivity index (χ0n) is 11.2. The maximum atomic E-state index is 11.6. The summed E-state index contributed by atoms with van der Waals surface area (Å²) in [5, 5.41) is 9.87. The molecule has 0 aliphatic rings. The smallest absolute Gasteiger partial charge is 0.308 e. The molecule has 0 aliphatic heterocycles. The van der Waals surface area contributed by atoms with E-state index in [1.54, 1.807) is 0 Å². The molecule has 1 N–H and O–H groups in total. The van der Waals surface area contributed by atoms with Crippen molar-refractivity contribution in [2.75, 3.05) is 0 Å². The molecule has 1 atom stereocenters. The molecule has 2 aromatic carbocycles. The zero-order chi connectivity index (χ0) is 14.2. The summed E-state index contributed by atoms with van der Waals surface area (Å²) < 4.78 is 5.14. The monoisotopic (exact) mass is 270 g/mol. The molecule has 0 saturated carbocycles. The van der Waals surface area contributed by atoms with Crippen LogP contribution in [0.5, 0.6) is 0 Å². The third-order valence-corrected chi connectivity index (χ3v) is 2.96. The molecule has 2 rings (SSSR count). The molecule has 0 saturated heterocycles. The molecule has 0 aliphatic carbocycles. The van der Waals surface area contributed by atoms with Crippen molar-refractivity contribution in [1.29, 1.82) is 0 Å².